The summed E-state index contributed by atoms with van der Waals surface area (Å²) in [7, 11) is -1.85. The molecule has 0 saturated carbocycles. The van der Waals surface area contributed by atoms with Gasteiger partial charge in [0, 0.05) is 4.90 Å². The Balaban J connectivity index is 2.90. The number of carboxylic acid groups (broad SMARTS) is 1. The van der Waals surface area contributed by atoms with Crippen molar-refractivity contribution in [2.45, 2.75) is 11.3 Å². The maximum Gasteiger partial charge on any atom is 0.335 e. The molecule has 0 aliphatic rings. The van der Waals surface area contributed by atoms with Crippen molar-refractivity contribution in [3.63, 3.8) is 0 Å². The third-order valence-electron chi connectivity index (χ3n) is 1.62. The monoisotopic (exact) mass is 234 g/mol. The molecule has 0 bridgehead atoms. The molecule has 0 aliphatic heterocycles. The topological polar surface area (TPSA) is 54.4 Å². The smallest absolute Gasteiger partial charge is 0.335 e. The molecule has 1 aromatic carbocycles. The van der Waals surface area contributed by atoms with Crippen LogP contribution in [0.2, 0.25) is 0 Å². The molecule has 0 radical (unpaired) electrons. The maximum absolute atomic E-state index is 11.9. The minimum atomic E-state index is -2.67. The van der Waals surface area contributed by atoms with Gasteiger partial charge in [-0.1, -0.05) is 6.07 Å². The molecule has 1 aromatic rings. The van der Waals surface area contributed by atoms with Crippen LogP contribution in [0.25, 0.3) is 0 Å². The van der Waals surface area contributed by atoms with Crippen LogP contribution in [0, 0.1) is 0 Å². The van der Waals surface area contributed by atoms with E-state index in [1.807, 2.05) is 0 Å². The van der Waals surface area contributed by atoms with E-state index >= 15 is 0 Å². The first-order valence-electron chi connectivity index (χ1n) is 4.00. The predicted molar refractivity (Wildman–Crippen MR) is 50.7 cm³/mol. The number of aromatic carboxylic acids is 1. The lowest BCUT2D eigenvalue weighted by molar-refractivity contribution is 0.0696. The van der Waals surface area contributed by atoms with Crippen LogP contribution in [-0.4, -0.2) is 27.5 Å². The molecule has 1 N–H and O–H groups in total. The van der Waals surface area contributed by atoms with Gasteiger partial charge >= 0.3 is 5.97 Å². The Morgan fingerprint density at radius 2 is 2.13 bits per heavy atom. The van der Waals surface area contributed by atoms with E-state index in [9.17, 15) is 17.8 Å². The Hall–Kier alpha value is -1.30. The van der Waals surface area contributed by atoms with Crippen LogP contribution in [0.1, 0.15) is 10.4 Å². The van der Waals surface area contributed by atoms with Crippen molar-refractivity contribution >= 4 is 16.8 Å². The SMILES string of the molecule is O=C(O)c1cccc(S(=O)CC(F)F)c1. The number of hydrogen-bond acceptors (Lipinski definition) is 2. The summed E-state index contributed by atoms with van der Waals surface area (Å²) in [6.45, 7) is 0. The van der Waals surface area contributed by atoms with E-state index in [2.05, 4.69) is 0 Å². The van der Waals surface area contributed by atoms with Crippen molar-refractivity contribution in [1.29, 1.82) is 0 Å². The average Bonchev–Trinajstić information content (AvgIpc) is 2.17. The molecule has 82 valence electrons. The first-order valence-corrected chi connectivity index (χ1v) is 5.32. The fourth-order valence-electron chi connectivity index (χ4n) is 0.981. The highest BCUT2D eigenvalue weighted by atomic mass is 32.2. The fourth-order valence-corrected chi connectivity index (χ4v) is 1.89. The molecular weight excluding hydrogens is 226 g/mol. The van der Waals surface area contributed by atoms with E-state index in [1.54, 1.807) is 0 Å². The number of alkyl halides is 2. The van der Waals surface area contributed by atoms with Crippen molar-refractivity contribution < 1.29 is 22.9 Å². The highest BCUT2D eigenvalue weighted by molar-refractivity contribution is 7.85. The minimum absolute atomic E-state index is 0.0601. The van der Waals surface area contributed by atoms with Gasteiger partial charge in [0.25, 0.3) is 0 Å². The number of carboxylic acids is 1. The standard InChI is InChI=1S/C9H8F2O3S/c10-8(11)5-15(14)7-3-1-2-6(4-7)9(12)13/h1-4,8H,5H2,(H,12,13). The third-order valence-corrected chi connectivity index (χ3v) is 2.96. The van der Waals surface area contributed by atoms with Gasteiger partial charge in [-0.25, -0.2) is 13.6 Å². The van der Waals surface area contributed by atoms with E-state index in [4.69, 9.17) is 5.11 Å². The van der Waals surface area contributed by atoms with Crippen molar-refractivity contribution in [1.82, 2.24) is 0 Å². The van der Waals surface area contributed by atoms with Crippen LogP contribution in [0.3, 0.4) is 0 Å². The number of halogens is 2. The van der Waals surface area contributed by atoms with Crippen molar-refractivity contribution in [2.24, 2.45) is 0 Å². The third kappa shape index (κ3) is 3.39. The molecule has 0 amide bonds. The Labute approximate surface area is 87.2 Å². The molecular formula is C9H8F2O3S. The summed E-state index contributed by atoms with van der Waals surface area (Å²) in [6.07, 6.45) is -2.67. The Morgan fingerprint density at radius 1 is 1.47 bits per heavy atom. The minimum Gasteiger partial charge on any atom is -0.478 e. The van der Waals surface area contributed by atoms with Crippen LogP contribution < -0.4 is 0 Å². The van der Waals surface area contributed by atoms with Crippen molar-refractivity contribution in [3.05, 3.63) is 29.8 Å². The second-order valence-corrected chi connectivity index (χ2v) is 4.23. The highest BCUT2D eigenvalue weighted by Gasteiger charge is 2.12. The lowest BCUT2D eigenvalue weighted by Crippen LogP contribution is -2.07. The second-order valence-electron chi connectivity index (χ2n) is 2.74. The van der Waals surface area contributed by atoms with Gasteiger partial charge in [0.2, 0.25) is 6.43 Å². The van der Waals surface area contributed by atoms with Gasteiger partial charge in [-0.2, -0.15) is 0 Å². The van der Waals surface area contributed by atoms with Crippen LogP contribution in [0.5, 0.6) is 0 Å². The Kier molecular flexibility index (Phi) is 3.90. The molecule has 15 heavy (non-hydrogen) atoms. The number of benzene rings is 1. The summed E-state index contributed by atoms with van der Waals surface area (Å²) >= 11 is 0. The number of carbonyl (C=O) groups is 1. The normalized spacial score (nSPS) is 12.7. The van der Waals surface area contributed by atoms with Crippen LogP contribution in [0.4, 0.5) is 8.78 Å². The van der Waals surface area contributed by atoms with E-state index in [0.29, 0.717) is 0 Å². The van der Waals surface area contributed by atoms with E-state index in [-0.39, 0.29) is 10.5 Å². The van der Waals surface area contributed by atoms with E-state index in [1.165, 1.54) is 18.2 Å². The lowest BCUT2D eigenvalue weighted by atomic mass is 10.2. The largest absolute Gasteiger partial charge is 0.478 e. The molecule has 6 heteroatoms. The fraction of sp³-hybridized carbons (Fsp3) is 0.222. The van der Waals surface area contributed by atoms with Crippen molar-refractivity contribution in [2.75, 3.05) is 5.75 Å². The molecule has 1 unspecified atom stereocenters. The van der Waals surface area contributed by atoms with Gasteiger partial charge in [-0.05, 0) is 18.2 Å². The summed E-state index contributed by atoms with van der Waals surface area (Å²) in [4.78, 5) is 10.7. The first kappa shape index (κ1) is 11.8. The zero-order valence-electron chi connectivity index (χ0n) is 7.52. The molecule has 0 aliphatic carbocycles. The van der Waals surface area contributed by atoms with Gasteiger partial charge in [0.1, 0.15) is 0 Å². The molecule has 0 spiro atoms. The molecule has 0 heterocycles. The zero-order valence-corrected chi connectivity index (χ0v) is 8.34. The quantitative estimate of drug-likeness (QED) is 0.863. The van der Waals surface area contributed by atoms with Gasteiger partial charge in [-0.3, -0.25) is 4.21 Å². The second kappa shape index (κ2) is 4.97. The zero-order chi connectivity index (χ0) is 11.4. The lowest BCUT2D eigenvalue weighted by Gasteiger charge is -2.02. The molecule has 1 atom stereocenters. The van der Waals surface area contributed by atoms with Gasteiger partial charge < -0.3 is 5.11 Å². The average molecular weight is 234 g/mol. The van der Waals surface area contributed by atoms with Gasteiger partial charge in [0.05, 0.1) is 22.1 Å². The summed E-state index contributed by atoms with van der Waals surface area (Å²) in [5.41, 5.74) is -0.0601. The summed E-state index contributed by atoms with van der Waals surface area (Å²) in [5.74, 6) is -1.95. The summed E-state index contributed by atoms with van der Waals surface area (Å²) in [5, 5.41) is 8.63. The molecule has 0 saturated heterocycles. The van der Waals surface area contributed by atoms with E-state index in [0.717, 1.165) is 6.07 Å². The number of hydrogen-bond donors (Lipinski definition) is 1. The summed E-state index contributed by atoms with van der Waals surface area (Å²) in [6, 6.07) is 5.19. The highest BCUT2D eigenvalue weighted by Crippen LogP contribution is 2.12. The summed E-state index contributed by atoms with van der Waals surface area (Å²) < 4.78 is 35.1. The van der Waals surface area contributed by atoms with Crippen LogP contribution >= 0.6 is 0 Å². The van der Waals surface area contributed by atoms with E-state index < -0.39 is 28.9 Å². The Morgan fingerprint density at radius 3 is 2.67 bits per heavy atom. The van der Waals surface area contributed by atoms with Crippen LogP contribution in [0.15, 0.2) is 29.2 Å². The number of rotatable bonds is 4. The molecule has 0 fully saturated rings. The molecule has 0 aromatic heterocycles. The van der Waals surface area contributed by atoms with Gasteiger partial charge in [0.15, 0.2) is 0 Å². The first-order chi connectivity index (χ1) is 7.00. The van der Waals surface area contributed by atoms with Gasteiger partial charge in [-0.15, -0.1) is 0 Å². The van der Waals surface area contributed by atoms with Crippen LogP contribution in [-0.2, 0) is 10.8 Å². The Bertz CT molecular complexity index is 393. The molecule has 3 nitrogen and oxygen atoms in total. The predicted octanol–water partition coefficient (Wildman–Crippen LogP) is 1.76. The maximum atomic E-state index is 11.9. The molecule has 1 rings (SSSR count). The van der Waals surface area contributed by atoms with Crippen molar-refractivity contribution in [3.8, 4) is 0 Å².